The van der Waals surface area contributed by atoms with Gasteiger partial charge in [-0.1, -0.05) is 0 Å². The summed E-state index contributed by atoms with van der Waals surface area (Å²) in [6.07, 6.45) is 1.12. The van der Waals surface area contributed by atoms with Crippen molar-refractivity contribution >= 4 is 17.3 Å². The third-order valence-electron chi connectivity index (χ3n) is 2.94. The number of nitrogens with one attached hydrogen (secondary N) is 2. The van der Waals surface area contributed by atoms with Crippen LogP contribution >= 0.6 is 0 Å². The van der Waals surface area contributed by atoms with Gasteiger partial charge >= 0.3 is 5.69 Å². The number of hydrogen-bond donors (Lipinski definition) is 3. The van der Waals surface area contributed by atoms with Gasteiger partial charge in [0.1, 0.15) is 5.75 Å². The number of rotatable bonds is 5. The standard InChI is InChI=1S/C13H12N4O6/c18-10-2-1-8(17(22)23)7-9(10)14-11(19)3-5-16-6-4-12(20)15-13(16)21/h1-2,4,6-7,18H,3,5H2,(H,14,19)(H,15,20,21). The van der Waals surface area contributed by atoms with E-state index in [9.17, 15) is 29.6 Å². The fourth-order valence-corrected chi connectivity index (χ4v) is 1.79. The van der Waals surface area contributed by atoms with Crippen LogP contribution in [0.5, 0.6) is 5.75 Å². The number of anilines is 1. The summed E-state index contributed by atoms with van der Waals surface area (Å²) in [6, 6.07) is 4.37. The van der Waals surface area contributed by atoms with Crippen LogP contribution in [0, 0.1) is 10.1 Å². The molecule has 0 spiro atoms. The molecular formula is C13H12N4O6. The Balaban J connectivity index is 2.05. The molecule has 2 rings (SSSR count). The Kier molecular flexibility index (Phi) is 4.55. The van der Waals surface area contributed by atoms with Crippen LogP contribution in [0.3, 0.4) is 0 Å². The van der Waals surface area contributed by atoms with Crippen LogP contribution in [0.15, 0.2) is 40.1 Å². The molecule has 0 atom stereocenters. The molecule has 10 nitrogen and oxygen atoms in total. The van der Waals surface area contributed by atoms with E-state index in [2.05, 4.69) is 5.32 Å². The van der Waals surface area contributed by atoms with Crippen molar-refractivity contribution < 1.29 is 14.8 Å². The second-order valence-electron chi connectivity index (χ2n) is 4.56. The third kappa shape index (κ3) is 4.03. The maximum absolute atomic E-state index is 11.8. The first-order valence-electron chi connectivity index (χ1n) is 6.44. The zero-order valence-electron chi connectivity index (χ0n) is 11.7. The number of phenols is 1. The molecule has 0 aliphatic carbocycles. The second kappa shape index (κ2) is 6.56. The highest BCUT2D eigenvalue weighted by atomic mass is 16.6. The lowest BCUT2D eigenvalue weighted by atomic mass is 10.2. The second-order valence-corrected chi connectivity index (χ2v) is 4.56. The number of nitro benzene ring substituents is 1. The Labute approximate surface area is 128 Å². The molecule has 0 fully saturated rings. The van der Waals surface area contributed by atoms with Gasteiger partial charge in [0.25, 0.3) is 11.2 Å². The van der Waals surface area contributed by atoms with E-state index in [1.165, 1.54) is 6.20 Å². The number of nitro groups is 1. The number of amides is 1. The Bertz CT molecular complexity index is 869. The molecule has 120 valence electrons. The molecule has 1 amide bonds. The summed E-state index contributed by atoms with van der Waals surface area (Å²) in [7, 11) is 0. The van der Waals surface area contributed by atoms with Crippen LogP contribution in [0.4, 0.5) is 11.4 Å². The largest absolute Gasteiger partial charge is 0.506 e. The van der Waals surface area contributed by atoms with Crippen molar-refractivity contribution in [2.75, 3.05) is 5.32 Å². The SMILES string of the molecule is O=C(CCn1ccc(=O)[nH]c1=O)Nc1cc([N+](=O)[O-])ccc1O. The van der Waals surface area contributed by atoms with E-state index >= 15 is 0 Å². The number of aromatic hydroxyl groups is 1. The normalized spacial score (nSPS) is 10.3. The number of H-pyrrole nitrogens is 1. The van der Waals surface area contributed by atoms with E-state index in [1.807, 2.05) is 4.98 Å². The van der Waals surface area contributed by atoms with Gasteiger partial charge < -0.3 is 15.0 Å². The summed E-state index contributed by atoms with van der Waals surface area (Å²) in [5.41, 5.74) is -1.58. The monoisotopic (exact) mass is 320 g/mol. The minimum absolute atomic E-state index is 0.00284. The average molecular weight is 320 g/mol. The Morgan fingerprint density at radius 2 is 2.09 bits per heavy atom. The molecule has 0 radical (unpaired) electrons. The minimum Gasteiger partial charge on any atom is -0.506 e. The smallest absolute Gasteiger partial charge is 0.328 e. The first-order chi connectivity index (χ1) is 10.9. The van der Waals surface area contributed by atoms with Crippen LogP contribution in [0.2, 0.25) is 0 Å². The average Bonchev–Trinajstić information content (AvgIpc) is 2.48. The molecule has 10 heteroatoms. The number of benzene rings is 1. The molecule has 0 bridgehead atoms. The van der Waals surface area contributed by atoms with Crippen molar-refractivity contribution in [3.8, 4) is 5.75 Å². The molecule has 23 heavy (non-hydrogen) atoms. The van der Waals surface area contributed by atoms with Gasteiger partial charge in [-0.15, -0.1) is 0 Å². The summed E-state index contributed by atoms with van der Waals surface area (Å²) in [5, 5.41) is 22.6. The first-order valence-corrected chi connectivity index (χ1v) is 6.44. The molecule has 1 heterocycles. The first kappa shape index (κ1) is 15.9. The molecule has 1 aromatic heterocycles. The van der Waals surface area contributed by atoms with E-state index in [1.54, 1.807) is 0 Å². The number of aryl methyl sites for hydroxylation is 1. The Morgan fingerprint density at radius 3 is 2.74 bits per heavy atom. The van der Waals surface area contributed by atoms with Crippen LogP contribution in [-0.4, -0.2) is 25.5 Å². The minimum atomic E-state index is -0.658. The van der Waals surface area contributed by atoms with Crippen LogP contribution in [0.1, 0.15) is 6.42 Å². The van der Waals surface area contributed by atoms with Gasteiger partial charge in [-0.3, -0.25) is 24.7 Å². The van der Waals surface area contributed by atoms with Crippen LogP contribution in [-0.2, 0) is 11.3 Å². The van der Waals surface area contributed by atoms with Gasteiger partial charge in [-0.25, -0.2) is 4.79 Å². The summed E-state index contributed by atoms with van der Waals surface area (Å²) >= 11 is 0. The van der Waals surface area contributed by atoms with E-state index in [0.717, 1.165) is 28.8 Å². The van der Waals surface area contributed by atoms with Crippen molar-refractivity contribution in [2.45, 2.75) is 13.0 Å². The zero-order valence-corrected chi connectivity index (χ0v) is 11.7. The molecule has 0 saturated heterocycles. The highest BCUT2D eigenvalue weighted by Gasteiger charge is 2.12. The lowest BCUT2D eigenvalue weighted by molar-refractivity contribution is -0.384. The summed E-state index contributed by atoms with van der Waals surface area (Å²) in [4.78, 5) is 46.2. The quantitative estimate of drug-likeness (QED) is 0.406. The lowest BCUT2D eigenvalue weighted by Gasteiger charge is -2.08. The van der Waals surface area contributed by atoms with Crippen LogP contribution < -0.4 is 16.6 Å². The maximum atomic E-state index is 11.8. The van der Waals surface area contributed by atoms with Crippen LogP contribution in [0.25, 0.3) is 0 Å². The fourth-order valence-electron chi connectivity index (χ4n) is 1.79. The molecule has 0 aliphatic rings. The number of aromatic nitrogens is 2. The van der Waals surface area contributed by atoms with Gasteiger partial charge in [0.05, 0.1) is 10.6 Å². The highest BCUT2D eigenvalue weighted by Crippen LogP contribution is 2.27. The summed E-state index contributed by atoms with van der Waals surface area (Å²) < 4.78 is 1.13. The Hall–Kier alpha value is -3.43. The number of aromatic amines is 1. The molecule has 2 aromatic rings. The molecule has 3 N–H and O–H groups in total. The molecule has 0 unspecified atom stereocenters. The van der Waals surface area contributed by atoms with Gasteiger partial charge in [0.2, 0.25) is 5.91 Å². The predicted molar refractivity (Wildman–Crippen MR) is 79.3 cm³/mol. The van der Waals surface area contributed by atoms with E-state index < -0.39 is 22.1 Å². The third-order valence-corrected chi connectivity index (χ3v) is 2.94. The topological polar surface area (TPSA) is 147 Å². The molecule has 1 aromatic carbocycles. The zero-order chi connectivity index (χ0) is 17.0. The maximum Gasteiger partial charge on any atom is 0.328 e. The van der Waals surface area contributed by atoms with Gasteiger partial charge in [-0.05, 0) is 6.07 Å². The van der Waals surface area contributed by atoms with Gasteiger partial charge in [0, 0.05) is 37.4 Å². The summed E-state index contributed by atoms with van der Waals surface area (Å²) in [5.74, 6) is -0.871. The van der Waals surface area contributed by atoms with Gasteiger partial charge in [0.15, 0.2) is 0 Å². The van der Waals surface area contributed by atoms with Crippen molar-refractivity contribution in [1.29, 1.82) is 0 Å². The van der Waals surface area contributed by atoms with Crippen molar-refractivity contribution in [1.82, 2.24) is 9.55 Å². The van der Waals surface area contributed by atoms with Crippen molar-refractivity contribution in [3.05, 3.63) is 61.4 Å². The van der Waals surface area contributed by atoms with Crippen molar-refractivity contribution in [2.24, 2.45) is 0 Å². The fraction of sp³-hybridized carbons (Fsp3) is 0.154. The number of carbonyl (C=O) groups is 1. The van der Waals surface area contributed by atoms with E-state index in [4.69, 9.17) is 0 Å². The number of phenolic OH excluding ortho intramolecular Hbond substituents is 1. The van der Waals surface area contributed by atoms with E-state index in [0.29, 0.717) is 0 Å². The lowest BCUT2D eigenvalue weighted by Crippen LogP contribution is -2.29. The van der Waals surface area contributed by atoms with Gasteiger partial charge in [-0.2, -0.15) is 0 Å². The highest BCUT2D eigenvalue weighted by molar-refractivity contribution is 5.92. The number of carbonyl (C=O) groups excluding carboxylic acids is 1. The number of nitrogens with zero attached hydrogens (tertiary/aromatic N) is 2. The number of non-ortho nitro benzene ring substituents is 1. The molecule has 0 aliphatic heterocycles. The molecule has 0 saturated carbocycles. The van der Waals surface area contributed by atoms with E-state index in [-0.39, 0.29) is 30.1 Å². The van der Waals surface area contributed by atoms with Crippen molar-refractivity contribution in [3.63, 3.8) is 0 Å². The summed E-state index contributed by atoms with van der Waals surface area (Å²) in [6.45, 7) is -0.00284. The predicted octanol–water partition coefficient (Wildman–Crippen LogP) is 0.179. The number of hydrogen-bond acceptors (Lipinski definition) is 6. The molecular weight excluding hydrogens is 308 g/mol. The Morgan fingerprint density at radius 1 is 1.35 bits per heavy atom.